The Morgan fingerprint density at radius 2 is 2.11 bits per heavy atom. The number of aromatic nitrogens is 3. The number of nitrogens with one attached hydrogen (secondary N) is 2. The highest BCUT2D eigenvalue weighted by molar-refractivity contribution is 5.98. The number of imidazole rings is 1. The molecule has 0 amide bonds. The fraction of sp³-hybridized carbons (Fsp3) is 0.300. The molecule has 6 N–H and O–H groups in total. The van der Waals surface area contributed by atoms with E-state index in [9.17, 15) is 4.79 Å². The molecule has 1 aliphatic carbocycles. The number of benzene rings is 1. The largest absolute Gasteiger partial charge is 0.416 e. The molecular weight excluding hydrogens is 342 g/mol. The van der Waals surface area contributed by atoms with Crippen LogP contribution >= 0.6 is 0 Å². The van der Waals surface area contributed by atoms with Crippen LogP contribution in [0.2, 0.25) is 0 Å². The van der Waals surface area contributed by atoms with Crippen molar-refractivity contribution in [2.75, 3.05) is 5.73 Å². The summed E-state index contributed by atoms with van der Waals surface area (Å²) in [6.07, 6.45) is 4.70. The summed E-state index contributed by atoms with van der Waals surface area (Å²) >= 11 is 0. The van der Waals surface area contributed by atoms with Crippen molar-refractivity contribution in [3.63, 3.8) is 0 Å². The van der Waals surface area contributed by atoms with E-state index in [-0.39, 0.29) is 5.69 Å². The summed E-state index contributed by atoms with van der Waals surface area (Å²) in [5.41, 5.74) is 12.9. The first-order valence-corrected chi connectivity index (χ1v) is 9.11. The summed E-state index contributed by atoms with van der Waals surface area (Å²) in [5.74, 6) is 6.46. The molecule has 1 aromatic carbocycles. The van der Waals surface area contributed by atoms with Crippen LogP contribution in [0.1, 0.15) is 50.3 Å². The molecule has 7 nitrogen and oxygen atoms in total. The van der Waals surface area contributed by atoms with E-state index < -0.39 is 0 Å². The third-order valence-corrected chi connectivity index (χ3v) is 5.17. The first-order chi connectivity index (χ1) is 13.0. The molecule has 4 rings (SSSR count). The van der Waals surface area contributed by atoms with Gasteiger partial charge in [-0.25, -0.2) is 4.79 Å². The first kappa shape index (κ1) is 17.4. The SMILES string of the molecule is CC/C(=C(/C)ON)c1cc(-c2c(N)ccnc2C2CC2)c2[nH]c(=O)[nH]c2c1. The highest BCUT2D eigenvalue weighted by Gasteiger charge is 2.30. The van der Waals surface area contributed by atoms with Crippen LogP contribution in [-0.4, -0.2) is 15.0 Å². The molecule has 0 atom stereocenters. The Kier molecular flexibility index (Phi) is 4.24. The van der Waals surface area contributed by atoms with Crippen LogP contribution in [-0.2, 0) is 4.84 Å². The minimum Gasteiger partial charge on any atom is -0.416 e. The maximum Gasteiger partial charge on any atom is 0.323 e. The Morgan fingerprint density at radius 3 is 2.78 bits per heavy atom. The van der Waals surface area contributed by atoms with Crippen molar-refractivity contribution in [2.45, 2.75) is 39.0 Å². The summed E-state index contributed by atoms with van der Waals surface area (Å²) in [6.45, 7) is 3.87. The molecule has 0 spiro atoms. The molecule has 2 heterocycles. The van der Waals surface area contributed by atoms with Crippen molar-refractivity contribution >= 4 is 22.3 Å². The second-order valence-electron chi connectivity index (χ2n) is 6.97. The predicted molar refractivity (Wildman–Crippen MR) is 107 cm³/mol. The number of anilines is 1. The molecule has 2 aromatic heterocycles. The second-order valence-corrected chi connectivity index (χ2v) is 6.97. The van der Waals surface area contributed by atoms with Gasteiger partial charge >= 0.3 is 5.69 Å². The van der Waals surface area contributed by atoms with E-state index in [1.165, 1.54) is 0 Å². The summed E-state index contributed by atoms with van der Waals surface area (Å²) in [7, 11) is 0. The van der Waals surface area contributed by atoms with Crippen molar-refractivity contribution < 1.29 is 4.84 Å². The smallest absolute Gasteiger partial charge is 0.323 e. The lowest BCUT2D eigenvalue weighted by Crippen LogP contribution is -2.02. The minimum absolute atomic E-state index is 0.257. The minimum atomic E-state index is -0.257. The van der Waals surface area contributed by atoms with Gasteiger partial charge in [0.1, 0.15) is 5.76 Å². The quantitative estimate of drug-likeness (QED) is 0.407. The fourth-order valence-electron chi connectivity index (χ4n) is 3.69. The van der Waals surface area contributed by atoms with E-state index >= 15 is 0 Å². The average molecular weight is 365 g/mol. The van der Waals surface area contributed by atoms with Gasteiger partial charge in [-0.05, 0) is 55.5 Å². The maximum absolute atomic E-state index is 12.0. The van der Waals surface area contributed by atoms with E-state index in [0.717, 1.165) is 52.7 Å². The summed E-state index contributed by atoms with van der Waals surface area (Å²) < 4.78 is 0. The van der Waals surface area contributed by atoms with E-state index in [2.05, 4.69) is 15.0 Å². The summed E-state index contributed by atoms with van der Waals surface area (Å²) in [5, 5.41) is 0. The fourth-order valence-corrected chi connectivity index (χ4v) is 3.69. The molecule has 7 heteroatoms. The zero-order valence-electron chi connectivity index (χ0n) is 15.4. The molecule has 3 aromatic rings. The number of fused-ring (bicyclic) bond motifs is 1. The average Bonchev–Trinajstić information content (AvgIpc) is 3.42. The Labute approximate surface area is 156 Å². The summed E-state index contributed by atoms with van der Waals surface area (Å²) in [6, 6.07) is 5.77. The normalized spacial score (nSPS) is 15.1. The highest BCUT2D eigenvalue weighted by Crippen LogP contribution is 2.46. The second kappa shape index (κ2) is 6.59. The molecule has 0 aliphatic heterocycles. The Bertz CT molecular complexity index is 1110. The number of nitrogens with zero attached hydrogens (tertiary/aromatic N) is 1. The van der Waals surface area contributed by atoms with Gasteiger partial charge in [0.05, 0.1) is 16.7 Å². The molecule has 1 aliphatic rings. The lowest BCUT2D eigenvalue weighted by Gasteiger charge is -2.15. The van der Waals surface area contributed by atoms with Gasteiger partial charge < -0.3 is 20.5 Å². The van der Waals surface area contributed by atoms with Gasteiger partial charge in [-0.15, -0.1) is 0 Å². The van der Waals surface area contributed by atoms with Crippen LogP contribution in [0.25, 0.3) is 27.7 Å². The van der Waals surface area contributed by atoms with Crippen molar-refractivity contribution in [1.82, 2.24) is 15.0 Å². The lowest BCUT2D eigenvalue weighted by molar-refractivity contribution is 0.224. The molecule has 27 heavy (non-hydrogen) atoms. The van der Waals surface area contributed by atoms with Gasteiger partial charge in [0.25, 0.3) is 0 Å². The molecule has 140 valence electrons. The number of pyridine rings is 1. The standard InChI is InChI=1S/C20H23N5O2/c1-3-13(10(2)27-22)12-8-14(19-16(9-12)24-20(26)25-19)17-15(21)6-7-23-18(17)11-4-5-11/h6-9,11H,3-5,22H2,1-2H3,(H2,21,23)(H2,24,25,26)/b13-10+. The van der Waals surface area contributed by atoms with Crippen LogP contribution in [0.5, 0.6) is 0 Å². The predicted octanol–water partition coefficient (Wildman–Crippen LogP) is 3.41. The van der Waals surface area contributed by atoms with Gasteiger partial charge in [-0.2, -0.15) is 5.90 Å². The molecule has 1 fully saturated rings. The Morgan fingerprint density at radius 1 is 1.33 bits per heavy atom. The summed E-state index contributed by atoms with van der Waals surface area (Å²) in [4.78, 5) is 27.4. The number of hydrogen-bond acceptors (Lipinski definition) is 5. The number of H-pyrrole nitrogens is 2. The van der Waals surface area contributed by atoms with E-state index in [0.29, 0.717) is 22.9 Å². The van der Waals surface area contributed by atoms with Gasteiger partial charge in [0.15, 0.2) is 0 Å². The van der Waals surface area contributed by atoms with Crippen molar-refractivity contribution in [2.24, 2.45) is 5.90 Å². The van der Waals surface area contributed by atoms with Gasteiger partial charge in [0, 0.05) is 28.9 Å². The molecule has 1 saturated carbocycles. The van der Waals surface area contributed by atoms with Crippen LogP contribution in [0.3, 0.4) is 0 Å². The van der Waals surface area contributed by atoms with Crippen molar-refractivity contribution in [3.05, 3.63) is 51.9 Å². The number of rotatable bonds is 5. The van der Waals surface area contributed by atoms with Crippen LogP contribution in [0, 0.1) is 0 Å². The van der Waals surface area contributed by atoms with Crippen molar-refractivity contribution in [3.8, 4) is 11.1 Å². The number of aromatic amines is 2. The molecule has 0 unspecified atom stereocenters. The van der Waals surface area contributed by atoms with Gasteiger partial charge in [-0.3, -0.25) is 4.98 Å². The molecule has 0 saturated heterocycles. The monoisotopic (exact) mass is 365 g/mol. The van der Waals surface area contributed by atoms with E-state index in [1.54, 1.807) is 12.3 Å². The number of nitrogens with two attached hydrogens (primary N) is 2. The Hall–Kier alpha value is -3.06. The van der Waals surface area contributed by atoms with Gasteiger partial charge in [0.2, 0.25) is 0 Å². The molecule has 0 bridgehead atoms. The maximum atomic E-state index is 12.0. The third kappa shape index (κ3) is 3.00. The van der Waals surface area contributed by atoms with Gasteiger partial charge in [-0.1, -0.05) is 6.92 Å². The topological polar surface area (TPSA) is 123 Å². The highest BCUT2D eigenvalue weighted by atomic mass is 16.6. The van der Waals surface area contributed by atoms with E-state index in [1.807, 2.05) is 26.0 Å². The number of hydrogen-bond donors (Lipinski definition) is 4. The number of nitrogen functional groups attached to an aromatic ring is 1. The van der Waals surface area contributed by atoms with Crippen LogP contribution < -0.4 is 17.3 Å². The molecule has 0 radical (unpaired) electrons. The van der Waals surface area contributed by atoms with E-state index in [4.69, 9.17) is 16.5 Å². The third-order valence-electron chi connectivity index (χ3n) is 5.17. The first-order valence-electron chi connectivity index (χ1n) is 9.11. The molecular formula is C20H23N5O2. The van der Waals surface area contributed by atoms with Crippen molar-refractivity contribution in [1.29, 1.82) is 0 Å². The number of allylic oxidation sites excluding steroid dienone is 2. The lowest BCUT2D eigenvalue weighted by atomic mass is 9.93. The zero-order chi connectivity index (χ0) is 19.1. The van der Waals surface area contributed by atoms with Crippen LogP contribution in [0.15, 0.2) is 34.9 Å². The Balaban J connectivity index is 2.05. The van der Waals surface area contributed by atoms with Crippen LogP contribution in [0.4, 0.5) is 5.69 Å². The zero-order valence-corrected chi connectivity index (χ0v) is 15.4.